The number of nitrogens with zero attached hydrogens (tertiary/aromatic N) is 4. The highest BCUT2D eigenvalue weighted by atomic mass is 127. The fourth-order valence-corrected chi connectivity index (χ4v) is 3.48. The van der Waals surface area contributed by atoms with E-state index in [1.807, 2.05) is 28.9 Å². The number of halogens is 2. The maximum atomic E-state index is 6.04. The van der Waals surface area contributed by atoms with Crippen molar-refractivity contribution in [3.05, 3.63) is 56.9 Å². The minimum atomic E-state index is 0.589. The van der Waals surface area contributed by atoms with Crippen molar-refractivity contribution in [1.82, 2.24) is 19.7 Å². The Morgan fingerprint density at radius 2 is 2.08 bits per heavy atom. The highest BCUT2D eigenvalue weighted by molar-refractivity contribution is 14.1. The first-order valence-electron chi connectivity index (χ1n) is 7.25. The van der Waals surface area contributed by atoms with Crippen LogP contribution in [0.3, 0.4) is 0 Å². The predicted octanol–water partition coefficient (Wildman–Crippen LogP) is 4.29. The third kappa shape index (κ3) is 2.80. The van der Waals surface area contributed by atoms with E-state index in [0.29, 0.717) is 17.4 Å². The highest BCUT2D eigenvalue weighted by Crippen LogP contribution is 2.23. The van der Waals surface area contributed by atoms with E-state index in [9.17, 15) is 0 Å². The summed E-state index contributed by atoms with van der Waals surface area (Å²) in [4.78, 5) is 8.80. The zero-order chi connectivity index (χ0) is 16.7. The van der Waals surface area contributed by atoms with Gasteiger partial charge in [-0.25, -0.2) is 4.98 Å². The molecule has 4 rings (SSSR count). The molecule has 0 aliphatic rings. The molecule has 0 aliphatic heterocycles. The van der Waals surface area contributed by atoms with Gasteiger partial charge in [-0.3, -0.25) is 9.67 Å². The summed E-state index contributed by atoms with van der Waals surface area (Å²) in [5.74, 6) is 0.589. The van der Waals surface area contributed by atoms with Gasteiger partial charge in [0.15, 0.2) is 0 Å². The lowest BCUT2D eigenvalue weighted by Gasteiger charge is -2.06. The van der Waals surface area contributed by atoms with E-state index in [4.69, 9.17) is 16.3 Å². The van der Waals surface area contributed by atoms with Crippen LogP contribution in [0.2, 0.25) is 5.02 Å². The average Bonchev–Trinajstić information content (AvgIpc) is 2.90. The molecule has 0 radical (unpaired) electrons. The molecule has 0 unspecified atom stereocenters. The highest BCUT2D eigenvalue weighted by Gasteiger charge is 2.11. The zero-order valence-electron chi connectivity index (χ0n) is 12.7. The molecule has 0 fully saturated rings. The third-order valence-corrected chi connectivity index (χ3v) is 4.72. The van der Waals surface area contributed by atoms with Gasteiger partial charge in [0.2, 0.25) is 5.88 Å². The van der Waals surface area contributed by atoms with Crippen LogP contribution >= 0.6 is 34.2 Å². The van der Waals surface area contributed by atoms with Gasteiger partial charge in [0.25, 0.3) is 0 Å². The van der Waals surface area contributed by atoms with Crippen LogP contribution in [0.1, 0.15) is 5.56 Å². The average molecular weight is 451 g/mol. The third-order valence-electron chi connectivity index (χ3n) is 3.78. The van der Waals surface area contributed by atoms with Gasteiger partial charge in [-0.2, -0.15) is 5.10 Å². The van der Waals surface area contributed by atoms with E-state index in [1.165, 1.54) is 0 Å². The molecule has 1 aromatic carbocycles. The molecule has 0 saturated carbocycles. The summed E-state index contributed by atoms with van der Waals surface area (Å²) in [5.41, 5.74) is 3.88. The Hall–Kier alpha value is -1.93. The van der Waals surface area contributed by atoms with Gasteiger partial charge in [-0.05, 0) is 52.4 Å². The Bertz CT molecular complexity index is 1060. The van der Waals surface area contributed by atoms with Gasteiger partial charge < -0.3 is 4.74 Å². The fourth-order valence-electron chi connectivity index (χ4n) is 2.66. The normalized spacial score (nSPS) is 11.3. The number of ether oxygens (including phenoxy) is 1. The van der Waals surface area contributed by atoms with Crippen LogP contribution < -0.4 is 4.74 Å². The predicted molar refractivity (Wildman–Crippen MR) is 103 cm³/mol. The van der Waals surface area contributed by atoms with Crippen molar-refractivity contribution < 1.29 is 4.74 Å². The van der Waals surface area contributed by atoms with E-state index in [1.54, 1.807) is 13.3 Å². The first-order chi connectivity index (χ1) is 11.6. The maximum absolute atomic E-state index is 6.04. The Morgan fingerprint density at radius 1 is 1.21 bits per heavy atom. The second-order valence-corrected chi connectivity index (χ2v) is 6.81. The van der Waals surface area contributed by atoms with Gasteiger partial charge >= 0.3 is 0 Å². The molecule has 0 amide bonds. The monoisotopic (exact) mass is 450 g/mol. The van der Waals surface area contributed by atoms with Crippen molar-refractivity contribution in [1.29, 1.82) is 0 Å². The molecular weight excluding hydrogens is 439 g/mol. The standard InChI is InChI=1S/C17H12ClIN4O/c1-24-15-5-4-14-16(21-15)17(19)22-23(14)9-10-2-3-13-11(6-10)7-12(18)8-20-13/h2-8H,9H2,1H3. The molecule has 0 atom stereocenters. The van der Waals surface area contributed by atoms with Crippen molar-refractivity contribution in [3.8, 4) is 5.88 Å². The van der Waals surface area contributed by atoms with Crippen LogP contribution in [0, 0.1) is 3.70 Å². The number of benzene rings is 1. The van der Waals surface area contributed by atoms with Crippen molar-refractivity contribution in [2.75, 3.05) is 7.11 Å². The molecule has 0 saturated heterocycles. The van der Waals surface area contributed by atoms with Crippen molar-refractivity contribution in [3.63, 3.8) is 0 Å². The summed E-state index contributed by atoms with van der Waals surface area (Å²) < 4.78 is 7.99. The quantitative estimate of drug-likeness (QED) is 0.437. The van der Waals surface area contributed by atoms with E-state index in [2.05, 4.69) is 49.8 Å². The molecule has 0 spiro atoms. The molecule has 3 heterocycles. The molecule has 7 heteroatoms. The Kier molecular flexibility index (Phi) is 4.01. The largest absolute Gasteiger partial charge is 0.481 e. The lowest BCUT2D eigenvalue weighted by atomic mass is 10.1. The molecule has 5 nitrogen and oxygen atoms in total. The first kappa shape index (κ1) is 15.6. The second kappa shape index (κ2) is 6.18. The van der Waals surface area contributed by atoms with E-state index in [0.717, 1.165) is 31.2 Å². The van der Waals surface area contributed by atoms with E-state index < -0.39 is 0 Å². The number of rotatable bonds is 3. The second-order valence-electron chi connectivity index (χ2n) is 5.35. The van der Waals surface area contributed by atoms with Crippen LogP contribution in [0.15, 0.2) is 42.6 Å². The number of methoxy groups -OCH3 is 1. The minimum absolute atomic E-state index is 0.589. The SMILES string of the molecule is COc1ccc2c(n1)c(I)nn2Cc1ccc2ncc(Cl)cc2c1. The van der Waals surface area contributed by atoms with Crippen LogP contribution in [0.5, 0.6) is 5.88 Å². The number of aromatic nitrogens is 4. The molecule has 0 aliphatic carbocycles. The molecular formula is C17H12ClIN4O. The molecule has 0 bridgehead atoms. The van der Waals surface area contributed by atoms with Crippen LogP contribution in [0.25, 0.3) is 21.9 Å². The van der Waals surface area contributed by atoms with Crippen molar-refractivity contribution in [2.24, 2.45) is 0 Å². The van der Waals surface area contributed by atoms with Gasteiger partial charge in [-0.1, -0.05) is 17.7 Å². The number of hydrogen-bond donors (Lipinski definition) is 0. The van der Waals surface area contributed by atoms with Gasteiger partial charge in [0.1, 0.15) is 9.22 Å². The summed E-state index contributed by atoms with van der Waals surface area (Å²) in [5, 5.41) is 6.26. The molecule has 120 valence electrons. The smallest absolute Gasteiger partial charge is 0.213 e. The molecule has 4 aromatic rings. The Morgan fingerprint density at radius 3 is 2.92 bits per heavy atom. The molecule has 24 heavy (non-hydrogen) atoms. The van der Waals surface area contributed by atoms with Crippen LogP contribution in [-0.2, 0) is 6.54 Å². The van der Waals surface area contributed by atoms with Crippen LogP contribution in [-0.4, -0.2) is 26.9 Å². The van der Waals surface area contributed by atoms with Gasteiger partial charge in [-0.15, -0.1) is 0 Å². The summed E-state index contributed by atoms with van der Waals surface area (Å²) in [6.07, 6.45) is 1.66. The summed E-state index contributed by atoms with van der Waals surface area (Å²) in [6, 6.07) is 11.9. The van der Waals surface area contributed by atoms with E-state index >= 15 is 0 Å². The van der Waals surface area contributed by atoms with Gasteiger partial charge in [0.05, 0.1) is 29.7 Å². The Balaban J connectivity index is 1.76. The number of fused-ring (bicyclic) bond motifs is 2. The topological polar surface area (TPSA) is 52.8 Å². The van der Waals surface area contributed by atoms with Crippen molar-refractivity contribution in [2.45, 2.75) is 6.54 Å². The maximum Gasteiger partial charge on any atom is 0.213 e. The Labute approximate surface area is 156 Å². The number of hydrogen-bond acceptors (Lipinski definition) is 4. The number of pyridine rings is 2. The summed E-state index contributed by atoms with van der Waals surface area (Å²) >= 11 is 8.24. The minimum Gasteiger partial charge on any atom is -0.481 e. The van der Waals surface area contributed by atoms with E-state index in [-0.39, 0.29) is 0 Å². The van der Waals surface area contributed by atoms with Crippen LogP contribution in [0.4, 0.5) is 0 Å². The van der Waals surface area contributed by atoms with Gasteiger partial charge in [0, 0.05) is 17.6 Å². The lowest BCUT2D eigenvalue weighted by Crippen LogP contribution is -2.02. The summed E-state index contributed by atoms with van der Waals surface area (Å²) in [7, 11) is 1.61. The first-order valence-corrected chi connectivity index (χ1v) is 8.71. The fraction of sp³-hybridized carbons (Fsp3) is 0.118. The zero-order valence-corrected chi connectivity index (χ0v) is 15.6. The molecule has 0 N–H and O–H groups in total. The lowest BCUT2D eigenvalue weighted by molar-refractivity contribution is 0.399. The molecule has 3 aromatic heterocycles. The summed E-state index contributed by atoms with van der Waals surface area (Å²) in [6.45, 7) is 0.649. The van der Waals surface area contributed by atoms with Crippen molar-refractivity contribution >= 4 is 56.1 Å².